The van der Waals surface area contributed by atoms with Crippen molar-refractivity contribution >= 4 is 11.0 Å². The van der Waals surface area contributed by atoms with E-state index in [1.165, 1.54) is 25.1 Å². The van der Waals surface area contributed by atoms with E-state index in [4.69, 9.17) is 32.8 Å². The van der Waals surface area contributed by atoms with Gasteiger partial charge in [0.15, 0.2) is 30.2 Å². The molecule has 19 heteroatoms. The number of hydrogen-bond donors (Lipinski definition) is 12. The molecule has 14 atom stereocenters. The van der Waals surface area contributed by atoms with Crippen LogP contribution in [0.5, 0.6) is 28.7 Å². The van der Waals surface area contributed by atoms with E-state index in [0.717, 1.165) is 18.2 Å². The Bertz CT molecular complexity index is 1690. The van der Waals surface area contributed by atoms with Gasteiger partial charge in [-0.05, 0) is 19.1 Å². The van der Waals surface area contributed by atoms with E-state index in [1.807, 2.05) is 0 Å². The molecular formula is C32H39O19+. The highest BCUT2D eigenvalue weighted by Crippen LogP contribution is 2.42. The number of aliphatic hydroxyl groups is 8. The van der Waals surface area contributed by atoms with Gasteiger partial charge in [-0.1, -0.05) is 0 Å². The van der Waals surface area contributed by atoms with Crippen molar-refractivity contribution in [3.05, 3.63) is 36.4 Å². The number of hydrogen-bond acceptors (Lipinski definition) is 18. The Hall–Kier alpha value is -3.67. The maximum Gasteiger partial charge on any atom is 0.402 e. The Balaban J connectivity index is 1.36. The second kappa shape index (κ2) is 14.8. The Kier molecular flexibility index (Phi) is 10.7. The number of phenols is 4. The summed E-state index contributed by atoms with van der Waals surface area (Å²) < 4.78 is 40.2. The minimum absolute atomic E-state index is 0.00439. The number of ether oxygens (including phenoxy) is 6. The molecule has 51 heavy (non-hydrogen) atoms. The molecule has 3 fully saturated rings. The molecule has 14 unspecified atom stereocenters. The van der Waals surface area contributed by atoms with Gasteiger partial charge in [-0.25, -0.2) is 4.42 Å². The molecule has 1 aromatic heterocycles. The van der Waals surface area contributed by atoms with Crippen LogP contribution in [0.25, 0.3) is 22.3 Å². The van der Waals surface area contributed by atoms with Crippen LogP contribution in [0.1, 0.15) is 6.92 Å². The third-order valence-electron chi connectivity index (χ3n) is 8.92. The fourth-order valence-corrected chi connectivity index (χ4v) is 5.94. The third kappa shape index (κ3) is 7.35. The van der Waals surface area contributed by atoms with Crippen LogP contribution in [0.4, 0.5) is 0 Å². The van der Waals surface area contributed by atoms with Crippen molar-refractivity contribution < 1.29 is 94.1 Å². The Labute approximate surface area is 287 Å². The number of rotatable bonds is 8. The van der Waals surface area contributed by atoms with Crippen LogP contribution in [0.3, 0.4) is 0 Å². The predicted octanol–water partition coefficient (Wildman–Crippen LogP) is -2.30. The normalized spacial score (nSPS) is 37.4. The summed E-state index contributed by atoms with van der Waals surface area (Å²) in [6.07, 6.45) is -22.8. The van der Waals surface area contributed by atoms with Crippen LogP contribution in [-0.4, -0.2) is 161 Å². The second-order valence-electron chi connectivity index (χ2n) is 12.5. The fourth-order valence-electron chi connectivity index (χ4n) is 5.94. The summed E-state index contributed by atoms with van der Waals surface area (Å²) in [7, 11) is 0. The zero-order valence-corrected chi connectivity index (χ0v) is 26.7. The lowest BCUT2D eigenvalue weighted by atomic mass is 9.98. The predicted molar refractivity (Wildman–Crippen MR) is 165 cm³/mol. The van der Waals surface area contributed by atoms with Gasteiger partial charge in [-0.3, -0.25) is 0 Å². The third-order valence-corrected chi connectivity index (χ3v) is 8.92. The van der Waals surface area contributed by atoms with Crippen LogP contribution < -0.4 is 4.74 Å². The van der Waals surface area contributed by atoms with E-state index in [9.17, 15) is 61.3 Å². The van der Waals surface area contributed by atoms with E-state index < -0.39 is 116 Å². The molecular weight excluding hydrogens is 688 g/mol. The summed E-state index contributed by atoms with van der Waals surface area (Å²) in [5.41, 5.74) is 0.0422. The topological polar surface area (TPSA) is 309 Å². The van der Waals surface area contributed by atoms with Gasteiger partial charge in [-0.2, -0.15) is 0 Å². The highest BCUT2D eigenvalue weighted by molar-refractivity contribution is 5.88. The summed E-state index contributed by atoms with van der Waals surface area (Å²) in [5.74, 6) is -2.26. The number of fused-ring (bicyclic) bond motifs is 1. The van der Waals surface area contributed by atoms with Gasteiger partial charge >= 0.3 is 11.3 Å². The van der Waals surface area contributed by atoms with Crippen LogP contribution in [0.2, 0.25) is 0 Å². The summed E-state index contributed by atoms with van der Waals surface area (Å²) >= 11 is 0. The Morgan fingerprint density at radius 1 is 0.706 bits per heavy atom. The summed E-state index contributed by atoms with van der Waals surface area (Å²) in [5, 5.41) is 125. The van der Waals surface area contributed by atoms with Crippen molar-refractivity contribution in [3.63, 3.8) is 0 Å². The number of aromatic hydroxyl groups is 4. The van der Waals surface area contributed by atoms with Gasteiger partial charge in [0.25, 0.3) is 0 Å². The van der Waals surface area contributed by atoms with Crippen molar-refractivity contribution in [2.24, 2.45) is 0 Å². The molecule has 2 aromatic carbocycles. The van der Waals surface area contributed by atoms with Crippen molar-refractivity contribution in [1.82, 2.24) is 0 Å². The first kappa shape index (κ1) is 37.1. The molecule has 0 radical (unpaired) electrons. The molecule has 0 amide bonds. The van der Waals surface area contributed by atoms with E-state index in [-0.39, 0.29) is 33.8 Å². The first-order valence-electron chi connectivity index (χ1n) is 15.8. The average Bonchev–Trinajstić information content (AvgIpc) is 3.09. The van der Waals surface area contributed by atoms with E-state index >= 15 is 0 Å². The van der Waals surface area contributed by atoms with Crippen LogP contribution in [0, 0.1) is 0 Å². The Morgan fingerprint density at radius 3 is 2.16 bits per heavy atom. The molecule has 3 aliphatic rings. The molecule has 0 bridgehead atoms. The molecule has 4 heterocycles. The van der Waals surface area contributed by atoms with Crippen molar-refractivity contribution in [3.8, 4) is 40.1 Å². The van der Waals surface area contributed by atoms with Crippen LogP contribution in [-0.2, 0) is 23.7 Å². The summed E-state index contributed by atoms with van der Waals surface area (Å²) in [6.45, 7) is 0.328. The van der Waals surface area contributed by atoms with E-state index in [2.05, 4.69) is 0 Å². The molecule has 3 saturated heterocycles. The van der Waals surface area contributed by atoms with E-state index in [0.29, 0.717) is 0 Å². The van der Waals surface area contributed by atoms with Gasteiger partial charge in [0.2, 0.25) is 12.0 Å². The van der Waals surface area contributed by atoms with Crippen molar-refractivity contribution in [1.29, 1.82) is 0 Å². The molecule has 19 nitrogen and oxygen atoms in total. The first-order valence-corrected chi connectivity index (χ1v) is 15.8. The van der Waals surface area contributed by atoms with Gasteiger partial charge < -0.3 is 89.7 Å². The van der Waals surface area contributed by atoms with Crippen LogP contribution in [0.15, 0.2) is 40.8 Å². The zero-order chi connectivity index (χ0) is 36.9. The van der Waals surface area contributed by atoms with Crippen molar-refractivity contribution in [2.75, 3.05) is 13.2 Å². The number of aliphatic hydroxyl groups excluding tert-OH is 8. The number of benzene rings is 2. The molecule has 280 valence electrons. The maximum atomic E-state index is 11.4. The standard InChI is InChI=1S/C32H38O19/c1-10-21(38)24(41)27(44)30(47-10)46-9-20-23(40)25(42)29(51-31-26(43)22(39)17(37)8-45-31)32(50-20)49-19-7-13-15(35)5-12(33)6-18(13)48-28(19)11-2-3-14(34)16(36)4-11/h2-7,10,17,20-27,29-32,37-44H,8-9H2,1H3,(H3-,33,34,35,36)/p+1. The molecule has 0 saturated carbocycles. The zero-order valence-electron chi connectivity index (χ0n) is 26.7. The Morgan fingerprint density at radius 2 is 1.43 bits per heavy atom. The molecule has 3 aromatic rings. The lowest BCUT2D eigenvalue weighted by molar-refractivity contribution is -0.352. The van der Waals surface area contributed by atoms with Gasteiger partial charge in [0.05, 0.1) is 30.9 Å². The lowest BCUT2D eigenvalue weighted by Gasteiger charge is -2.45. The fraction of sp³-hybridized carbons (Fsp3) is 0.531. The quantitative estimate of drug-likeness (QED) is 0.0857. The number of phenolic OH excluding ortho intramolecular Hbond substituents is 4. The minimum atomic E-state index is -1.93. The second-order valence-corrected chi connectivity index (χ2v) is 12.5. The monoisotopic (exact) mass is 727 g/mol. The highest BCUT2D eigenvalue weighted by atomic mass is 16.8. The summed E-state index contributed by atoms with van der Waals surface area (Å²) in [6, 6.07) is 7.04. The smallest absolute Gasteiger partial charge is 0.402 e. The SMILES string of the molecule is CC1OC(OCC2OC(Oc3cc4c(O)cc(O)cc4[o+]c3-c3ccc(O)c(O)c3)C(OC3OCC(O)C(O)C3O)C(O)C2O)C(O)C(O)C1O. The van der Waals surface area contributed by atoms with Crippen LogP contribution >= 0.6 is 0 Å². The molecule has 0 spiro atoms. The van der Waals surface area contributed by atoms with Gasteiger partial charge in [-0.15, -0.1) is 0 Å². The van der Waals surface area contributed by atoms with E-state index in [1.54, 1.807) is 0 Å². The largest absolute Gasteiger partial charge is 0.507 e. The highest BCUT2D eigenvalue weighted by Gasteiger charge is 2.51. The lowest BCUT2D eigenvalue weighted by Crippen LogP contribution is -2.64. The van der Waals surface area contributed by atoms with Crippen molar-refractivity contribution in [2.45, 2.75) is 92.9 Å². The summed E-state index contributed by atoms with van der Waals surface area (Å²) in [4.78, 5) is 0. The minimum Gasteiger partial charge on any atom is -0.507 e. The molecule has 6 rings (SSSR count). The first-order chi connectivity index (χ1) is 24.1. The molecule has 0 aliphatic carbocycles. The molecule has 3 aliphatic heterocycles. The maximum absolute atomic E-state index is 11.4. The van der Waals surface area contributed by atoms with Gasteiger partial charge in [0, 0.05) is 18.2 Å². The van der Waals surface area contributed by atoms with Gasteiger partial charge in [0.1, 0.15) is 71.8 Å². The molecule has 12 N–H and O–H groups in total. The average molecular weight is 728 g/mol.